The highest BCUT2D eigenvalue weighted by atomic mass is 16.3. The maximum atomic E-state index is 11.8. The van der Waals surface area contributed by atoms with Crippen LogP contribution in [0.2, 0.25) is 0 Å². The first kappa shape index (κ1) is 16.0. The summed E-state index contributed by atoms with van der Waals surface area (Å²) in [6.07, 6.45) is 0.787. The second-order valence-electron chi connectivity index (χ2n) is 5.17. The number of anilines is 1. The number of rotatable bonds is 5. The van der Waals surface area contributed by atoms with Gasteiger partial charge in [0.05, 0.1) is 6.10 Å². The van der Waals surface area contributed by atoms with Crippen LogP contribution in [0.3, 0.4) is 0 Å². The molecular weight excluding hydrogens is 280 g/mol. The van der Waals surface area contributed by atoms with E-state index in [4.69, 9.17) is 0 Å². The van der Waals surface area contributed by atoms with E-state index < -0.39 is 17.9 Å². The van der Waals surface area contributed by atoms with Gasteiger partial charge in [0.15, 0.2) is 0 Å². The highest BCUT2D eigenvalue weighted by molar-refractivity contribution is 6.39. The van der Waals surface area contributed by atoms with Crippen LogP contribution < -0.4 is 10.6 Å². The Hall–Kier alpha value is -2.40. The molecule has 2 rings (SSSR count). The standard InChI is InChI=1S/C17H20N2O3/c1-2-5-15(20)11-18-16(21)17(22)19-14-9-8-12-6-3-4-7-13(12)10-14/h3-4,6-10,15,20H,2,5,11H2,1H3,(H,18,21)(H,19,22). The summed E-state index contributed by atoms with van der Waals surface area (Å²) in [5.74, 6) is -1.48. The van der Waals surface area contributed by atoms with Gasteiger partial charge in [-0.05, 0) is 29.3 Å². The van der Waals surface area contributed by atoms with Gasteiger partial charge in [-0.25, -0.2) is 0 Å². The quantitative estimate of drug-likeness (QED) is 0.740. The summed E-state index contributed by atoms with van der Waals surface area (Å²) in [5, 5.41) is 16.6. The number of aliphatic hydroxyl groups is 1. The van der Waals surface area contributed by atoms with Crippen molar-refractivity contribution in [3.8, 4) is 0 Å². The summed E-state index contributed by atoms with van der Waals surface area (Å²) in [6, 6.07) is 13.2. The van der Waals surface area contributed by atoms with E-state index in [0.29, 0.717) is 12.1 Å². The highest BCUT2D eigenvalue weighted by Gasteiger charge is 2.15. The topological polar surface area (TPSA) is 78.4 Å². The fraction of sp³-hybridized carbons (Fsp3) is 0.294. The molecule has 5 nitrogen and oxygen atoms in total. The number of nitrogens with one attached hydrogen (secondary N) is 2. The second-order valence-corrected chi connectivity index (χ2v) is 5.17. The van der Waals surface area contributed by atoms with Crippen molar-refractivity contribution in [3.63, 3.8) is 0 Å². The molecule has 2 aromatic rings. The molecule has 0 aliphatic carbocycles. The van der Waals surface area contributed by atoms with Crippen molar-refractivity contribution >= 4 is 28.3 Å². The minimum atomic E-state index is -0.747. The first-order valence-electron chi connectivity index (χ1n) is 7.36. The number of aliphatic hydroxyl groups excluding tert-OH is 1. The fourth-order valence-electron chi connectivity index (χ4n) is 2.18. The van der Waals surface area contributed by atoms with Gasteiger partial charge in [0.25, 0.3) is 0 Å². The van der Waals surface area contributed by atoms with Gasteiger partial charge in [-0.15, -0.1) is 0 Å². The molecule has 0 spiro atoms. The van der Waals surface area contributed by atoms with Gasteiger partial charge >= 0.3 is 11.8 Å². The Bertz CT molecular complexity index is 670. The third-order valence-electron chi connectivity index (χ3n) is 3.33. The van der Waals surface area contributed by atoms with Crippen LogP contribution in [0.5, 0.6) is 0 Å². The molecule has 5 heteroatoms. The molecule has 3 N–H and O–H groups in total. The van der Waals surface area contributed by atoms with E-state index in [1.54, 1.807) is 6.07 Å². The smallest absolute Gasteiger partial charge is 0.313 e. The van der Waals surface area contributed by atoms with Gasteiger partial charge in [-0.3, -0.25) is 9.59 Å². The van der Waals surface area contributed by atoms with Crippen molar-refractivity contribution in [2.45, 2.75) is 25.9 Å². The van der Waals surface area contributed by atoms with Crippen LogP contribution in [0.15, 0.2) is 42.5 Å². The molecule has 0 radical (unpaired) electrons. The van der Waals surface area contributed by atoms with Crippen LogP contribution in [0.4, 0.5) is 5.69 Å². The molecule has 22 heavy (non-hydrogen) atoms. The molecule has 116 valence electrons. The molecule has 0 aromatic heterocycles. The van der Waals surface area contributed by atoms with E-state index in [1.165, 1.54) is 0 Å². The van der Waals surface area contributed by atoms with Crippen molar-refractivity contribution < 1.29 is 14.7 Å². The minimum Gasteiger partial charge on any atom is -0.391 e. The number of carbonyl (C=O) groups is 2. The lowest BCUT2D eigenvalue weighted by atomic mass is 10.1. The number of hydrogen-bond donors (Lipinski definition) is 3. The largest absolute Gasteiger partial charge is 0.391 e. The van der Waals surface area contributed by atoms with Crippen LogP contribution in [0.1, 0.15) is 19.8 Å². The molecular formula is C17H20N2O3. The normalized spacial score (nSPS) is 11.9. The van der Waals surface area contributed by atoms with Crippen molar-refractivity contribution in [1.29, 1.82) is 0 Å². The second kappa shape index (κ2) is 7.56. The Morgan fingerprint density at radius 3 is 2.55 bits per heavy atom. The Morgan fingerprint density at radius 1 is 1.09 bits per heavy atom. The molecule has 1 atom stereocenters. The third kappa shape index (κ3) is 4.30. The number of benzene rings is 2. The van der Waals surface area contributed by atoms with Crippen LogP contribution in [-0.4, -0.2) is 29.6 Å². The van der Waals surface area contributed by atoms with E-state index in [9.17, 15) is 14.7 Å². The third-order valence-corrected chi connectivity index (χ3v) is 3.33. The predicted molar refractivity (Wildman–Crippen MR) is 86.5 cm³/mol. The summed E-state index contributed by atoms with van der Waals surface area (Å²) in [7, 11) is 0. The maximum Gasteiger partial charge on any atom is 0.313 e. The fourth-order valence-corrected chi connectivity index (χ4v) is 2.18. The Balaban J connectivity index is 1.93. The first-order chi connectivity index (χ1) is 10.6. The molecule has 0 aliphatic heterocycles. The average molecular weight is 300 g/mol. The lowest BCUT2D eigenvalue weighted by Gasteiger charge is -2.11. The van der Waals surface area contributed by atoms with Gasteiger partial charge in [0, 0.05) is 12.2 Å². The van der Waals surface area contributed by atoms with Crippen molar-refractivity contribution in [1.82, 2.24) is 5.32 Å². The van der Waals surface area contributed by atoms with Gasteiger partial charge in [0.2, 0.25) is 0 Å². The summed E-state index contributed by atoms with van der Waals surface area (Å²) in [6.45, 7) is 2.02. The first-order valence-corrected chi connectivity index (χ1v) is 7.36. The molecule has 1 unspecified atom stereocenters. The summed E-state index contributed by atoms with van der Waals surface area (Å²) >= 11 is 0. The molecule has 0 aliphatic rings. The molecule has 2 amide bonds. The van der Waals surface area contributed by atoms with Gasteiger partial charge in [-0.1, -0.05) is 43.7 Å². The Labute approximate surface area is 129 Å². The zero-order valence-electron chi connectivity index (χ0n) is 12.5. The number of amides is 2. The van der Waals surface area contributed by atoms with Crippen molar-refractivity contribution in [2.24, 2.45) is 0 Å². The van der Waals surface area contributed by atoms with Crippen LogP contribution in [0.25, 0.3) is 10.8 Å². The summed E-state index contributed by atoms with van der Waals surface area (Å²) in [5.41, 5.74) is 0.563. The molecule has 0 saturated carbocycles. The molecule has 0 saturated heterocycles. The van der Waals surface area contributed by atoms with E-state index >= 15 is 0 Å². The zero-order chi connectivity index (χ0) is 15.9. The highest BCUT2D eigenvalue weighted by Crippen LogP contribution is 2.18. The van der Waals surface area contributed by atoms with E-state index in [2.05, 4.69) is 10.6 Å². The number of carbonyl (C=O) groups excluding carboxylic acids is 2. The van der Waals surface area contributed by atoms with E-state index in [1.807, 2.05) is 43.3 Å². The van der Waals surface area contributed by atoms with Crippen LogP contribution >= 0.6 is 0 Å². The SMILES string of the molecule is CCCC(O)CNC(=O)C(=O)Nc1ccc2ccccc2c1. The Morgan fingerprint density at radius 2 is 1.82 bits per heavy atom. The molecule has 0 fully saturated rings. The maximum absolute atomic E-state index is 11.8. The monoisotopic (exact) mass is 300 g/mol. The number of fused-ring (bicyclic) bond motifs is 1. The lowest BCUT2D eigenvalue weighted by molar-refractivity contribution is -0.136. The van der Waals surface area contributed by atoms with E-state index in [0.717, 1.165) is 17.2 Å². The zero-order valence-corrected chi connectivity index (χ0v) is 12.5. The van der Waals surface area contributed by atoms with Crippen LogP contribution in [0, 0.1) is 0 Å². The molecule has 2 aromatic carbocycles. The van der Waals surface area contributed by atoms with Gasteiger partial charge in [-0.2, -0.15) is 0 Å². The summed E-state index contributed by atoms with van der Waals surface area (Å²) < 4.78 is 0. The lowest BCUT2D eigenvalue weighted by Crippen LogP contribution is -2.39. The van der Waals surface area contributed by atoms with Crippen molar-refractivity contribution in [3.05, 3.63) is 42.5 Å². The minimum absolute atomic E-state index is 0.0812. The van der Waals surface area contributed by atoms with Gasteiger partial charge in [0.1, 0.15) is 0 Å². The predicted octanol–water partition coefficient (Wildman–Crippen LogP) is 2.06. The van der Waals surface area contributed by atoms with Crippen molar-refractivity contribution in [2.75, 3.05) is 11.9 Å². The van der Waals surface area contributed by atoms with E-state index in [-0.39, 0.29) is 6.54 Å². The number of hydrogen-bond acceptors (Lipinski definition) is 3. The summed E-state index contributed by atoms with van der Waals surface area (Å²) in [4.78, 5) is 23.5. The average Bonchev–Trinajstić information content (AvgIpc) is 2.52. The molecule has 0 heterocycles. The van der Waals surface area contributed by atoms with Gasteiger partial charge < -0.3 is 15.7 Å². The van der Waals surface area contributed by atoms with Crippen LogP contribution in [-0.2, 0) is 9.59 Å². The Kier molecular flexibility index (Phi) is 5.49. The molecule has 0 bridgehead atoms.